The van der Waals surface area contributed by atoms with Gasteiger partial charge in [-0.05, 0) is 25.2 Å². The minimum absolute atomic E-state index is 0.0778. The quantitative estimate of drug-likeness (QED) is 0.121. The lowest BCUT2D eigenvalue weighted by Gasteiger charge is -2.27. The van der Waals surface area contributed by atoms with Crippen LogP contribution in [0.2, 0.25) is 0 Å². The van der Waals surface area contributed by atoms with Crippen molar-refractivity contribution >= 4 is 24.6 Å². The maximum Gasteiger partial charge on any atom is 0.136 e. The fourth-order valence-corrected chi connectivity index (χ4v) is 3.23. The maximum absolute atomic E-state index is 6.04. The van der Waals surface area contributed by atoms with Crippen LogP contribution in [0, 0.1) is 0 Å². The van der Waals surface area contributed by atoms with Crippen LogP contribution in [0.1, 0.15) is 26.7 Å². The van der Waals surface area contributed by atoms with Gasteiger partial charge >= 0.3 is 0 Å². The van der Waals surface area contributed by atoms with Gasteiger partial charge in [0.25, 0.3) is 0 Å². The van der Waals surface area contributed by atoms with Crippen LogP contribution in [-0.2, 0) is 11.8 Å². The van der Waals surface area contributed by atoms with Crippen molar-refractivity contribution in [2.45, 2.75) is 32.9 Å². The Balaban J connectivity index is 4.15. The van der Waals surface area contributed by atoms with E-state index in [4.69, 9.17) is 17.3 Å². The first-order chi connectivity index (χ1) is 8.45. The van der Waals surface area contributed by atoms with Gasteiger partial charge in [0.15, 0.2) is 0 Å². The average Bonchev–Trinajstić information content (AvgIpc) is 2.27. The number of hydrogen-bond acceptors (Lipinski definition) is 3. The highest BCUT2D eigenvalue weighted by molar-refractivity contribution is 8.11. The van der Waals surface area contributed by atoms with Crippen LogP contribution >= 0.6 is 6.49 Å². The summed E-state index contributed by atoms with van der Waals surface area (Å²) in [6, 6.07) is 0. The van der Waals surface area contributed by atoms with Crippen LogP contribution < -0.4 is 21.1 Å². The SMILES string of the molecule is C=CN(/C=N\C)NC(C)NP(N)(=S)NCCCC. The summed E-state index contributed by atoms with van der Waals surface area (Å²) < 4.78 is 0. The lowest BCUT2D eigenvalue weighted by atomic mass is 10.3. The van der Waals surface area contributed by atoms with E-state index in [-0.39, 0.29) is 6.17 Å². The zero-order valence-electron chi connectivity index (χ0n) is 11.4. The van der Waals surface area contributed by atoms with E-state index >= 15 is 0 Å². The molecular formula is C10H25N6PS. The van der Waals surface area contributed by atoms with Crippen molar-refractivity contribution in [2.75, 3.05) is 13.6 Å². The van der Waals surface area contributed by atoms with Crippen LogP contribution in [0.3, 0.4) is 0 Å². The fraction of sp³-hybridized carbons (Fsp3) is 0.700. The third-order valence-electron chi connectivity index (χ3n) is 2.04. The van der Waals surface area contributed by atoms with E-state index < -0.39 is 6.49 Å². The molecule has 6 nitrogen and oxygen atoms in total. The molecule has 106 valence electrons. The van der Waals surface area contributed by atoms with Crippen LogP contribution in [0.5, 0.6) is 0 Å². The standard InChI is InChI=1S/C10H25N6PS/c1-5-7-8-13-17(11,18)15-10(3)14-16(6-2)9-12-4/h6,9-10,14H,2,5,7-8H2,1,3-4H3,(H4,11,13,15,18)/b12-9-. The van der Waals surface area contributed by atoms with Gasteiger partial charge in [0.05, 0.1) is 6.17 Å². The van der Waals surface area contributed by atoms with Crippen molar-refractivity contribution in [1.82, 2.24) is 20.6 Å². The molecule has 0 heterocycles. The average molecular weight is 292 g/mol. The predicted molar refractivity (Wildman–Crippen MR) is 83.6 cm³/mol. The molecule has 0 amide bonds. The number of nitrogens with zero attached hydrogens (tertiary/aromatic N) is 2. The molecule has 0 bridgehead atoms. The minimum atomic E-state index is -2.20. The van der Waals surface area contributed by atoms with Gasteiger partial charge in [0.1, 0.15) is 12.8 Å². The number of hydrazine groups is 1. The third kappa shape index (κ3) is 8.74. The second kappa shape index (κ2) is 9.61. The highest BCUT2D eigenvalue weighted by Gasteiger charge is 2.13. The number of nitrogens with two attached hydrogens (primary N) is 1. The molecule has 0 aliphatic carbocycles. The summed E-state index contributed by atoms with van der Waals surface area (Å²) in [6.07, 6.45) is 5.35. The van der Waals surface area contributed by atoms with E-state index in [0.717, 1.165) is 19.4 Å². The third-order valence-corrected chi connectivity index (χ3v) is 4.21. The highest BCUT2D eigenvalue weighted by atomic mass is 32.4. The molecule has 0 fully saturated rings. The Morgan fingerprint density at radius 2 is 2.28 bits per heavy atom. The van der Waals surface area contributed by atoms with Gasteiger partial charge in [0, 0.05) is 19.8 Å². The molecule has 0 aromatic rings. The van der Waals surface area contributed by atoms with Crippen molar-refractivity contribution in [3.8, 4) is 0 Å². The molecule has 0 aliphatic heterocycles. The topological polar surface area (TPSA) is 77.7 Å². The molecule has 5 N–H and O–H groups in total. The van der Waals surface area contributed by atoms with Crippen molar-refractivity contribution in [1.29, 1.82) is 0 Å². The highest BCUT2D eigenvalue weighted by Crippen LogP contribution is 2.25. The van der Waals surface area contributed by atoms with Crippen molar-refractivity contribution in [3.63, 3.8) is 0 Å². The molecule has 0 rings (SSSR count). The lowest BCUT2D eigenvalue weighted by Crippen LogP contribution is -2.48. The number of unbranched alkanes of at least 4 members (excludes halogenated alkanes) is 1. The summed E-state index contributed by atoms with van der Waals surface area (Å²) in [5.74, 6) is 0. The Labute approximate surface area is 115 Å². The molecular weight excluding hydrogens is 267 g/mol. The number of hydrogen-bond donors (Lipinski definition) is 4. The van der Waals surface area contributed by atoms with Crippen LogP contribution in [0.25, 0.3) is 0 Å². The molecule has 0 spiro atoms. The lowest BCUT2D eigenvalue weighted by molar-refractivity contribution is 0.344. The van der Waals surface area contributed by atoms with Gasteiger partial charge in [-0.15, -0.1) is 0 Å². The maximum atomic E-state index is 6.04. The molecule has 0 saturated heterocycles. The van der Waals surface area contributed by atoms with E-state index in [1.54, 1.807) is 24.6 Å². The first-order valence-corrected chi connectivity index (χ1v) is 8.83. The van der Waals surface area contributed by atoms with Gasteiger partial charge in [0.2, 0.25) is 0 Å². The van der Waals surface area contributed by atoms with Crippen molar-refractivity contribution < 1.29 is 0 Å². The van der Waals surface area contributed by atoms with Gasteiger partial charge in [-0.2, -0.15) is 0 Å². The number of rotatable bonds is 10. The largest absolute Gasteiger partial charge is 0.279 e. The zero-order chi connectivity index (χ0) is 14.0. The molecule has 0 aromatic heterocycles. The van der Waals surface area contributed by atoms with Gasteiger partial charge in [-0.3, -0.25) is 20.6 Å². The summed E-state index contributed by atoms with van der Waals surface area (Å²) in [7, 11) is 1.69. The smallest absolute Gasteiger partial charge is 0.136 e. The summed E-state index contributed by atoms with van der Waals surface area (Å²) >= 11 is 5.34. The molecule has 8 heteroatoms. The Kier molecular flexibility index (Phi) is 9.45. The van der Waals surface area contributed by atoms with E-state index in [9.17, 15) is 0 Å². The van der Waals surface area contributed by atoms with Gasteiger partial charge < -0.3 is 0 Å². The first-order valence-electron chi connectivity index (χ1n) is 5.96. The Bertz CT molecular complexity index is 309. The predicted octanol–water partition coefficient (Wildman–Crippen LogP) is 1.10. The normalized spacial score (nSPS) is 16.4. The molecule has 2 unspecified atom stereocenters. The summed E-state index contributed by atoms with van der Waals surface area (Å²) in [5, 5.41) is 8.01. The first kappa shape index (κ1) is 17.7. The molecule has 2 atom stereocenters. The van der Waals surface area contributed by atoms with Gasteiger partial charge in [-0.25, -0.2) is 10.5 Å². The second-order valence-corrected chi connectivity index (χ2v) is 7.48. The number of nitrogens with one attached hydrogen (secondary N) is 3. The molecule has 0 aromatic carbocycles. The van der Waals surface area contributed by atoms with E-state index in [1.807, 2.05) is 6.92 Å². The van der Waals surface area contributed by atoms with Crippen molar-refractivity contribution in [3.05, 3.63) is 12.8 Å². The second-order valence-electron chi connectivity index (χ2n) is 3.86. The van der Waals surface area contributed by atoms with Crippen LogP contribution in [-0.4, -0.2) is 31.1 Å². The van der Waals surface area contributed by atoms with E-state index in [1.165, 1.54) is 0 Å². The Hall–Kier alpha value is -0.300. The Morgan fingerprint density at radius 1 is 1.61 bits per heavy atom. The van der Waals surface area contributed by atoms with E-state index in [2.05, 4.69) is 34.1 Å². The van der Waals surface area contributed by atoms with Crippen LogP contribution in [0.15, 0.2) is 17.8 Å². The summed E-state index contributed by atoms with van der Waals surface area (Å²) in [6.45, 7) is 6.38. The van der Waals surface area contributed by atoms with Crippen LogP contribution in [0.4, 0.5) is 0 Å². The van der Waals surface area contributed by atoms with Gasteiger partial charge in [-0.1, -0.05) is 19.9 Å². The zero-order valence-corrected chi connectivity index (χ0v) is 13.1. The number of aliphatic imine (C=N–C) groups is 1. The summed E-state index contributed by atoms with van der Waals surface area (Å²) in [5.41, 5.74) is 9.15. The molecule has 0 saturated carbocycles. The summed E-state index contributed by atoms with van der Waals surface area (Å²) in [4.78, 5) is 3.89. The molecule has 18 heavy (non-hydrogen) atoms. The monoisotopic (exact) mass is 292 g/mol. The Morgan fingerprint density at radius 3 is 2.78 bits per heavy atom. The molecule has 0 radical (unpaired) electrons. The minimum Gasteiger partial charge on any atom is -0.279 e. The fourth-order valence-electron chi connectivity index (χ4n) is 1.27. The van der Waals surface area contributed by atoms with E-state index in [0.29, 0.717) is 0 Å². The molecule has 0 aliphatic rings. The van der Waals surface area contributed by atoms with Crippen molar-refractivity contribution in [2.24, 2.45) is 10.5 Å².